The second-order valence-electron chi connectivity index (χ2n) is 5.52. The molecule has 74 valence electrons. The molecule has 13 heavy (non-hydrogen) atoms. The van der Waals surface area contributed by atoms with Crippen LogP contribution in [0.1, 0.15) is 45.4 Å². The molecular formula is C12H21N. The molecule has 1 nitrogen and oxygen atoms in total. The smallest absolute Gasteiger partial charge is 0.0101 e. The lowest BCUT2D eigenvalue weighted by atomic mass is 9.64. The van der Waals surface area contributed by atoms with Crippen molar-refractivity contribution in [3.8, 4) is 0 Å². The van der Waals surface area contributed by atoms with Gasteiger partial charge in [0.05, 0.1) is 0 Å². The maximum atomic E-state index is 3.84. The van der Waals surface area contributed by atoms with Crippen LogP contribution in [0, 0.1) is 17.8 Å². The van der Waals surface area contributed by atoms with Gasteiger partial charge >= 0.3 is 0 Å². The van der Waals surface area contributed by atoms with Crippen molar-refractivity contribution in [1.82, 2.24) is 5.32 Å². The molecule has 1 heteroatoms. The second-order valence-corrected chi connectivity index (χ2v) is 5.52. The number of rotatable bonds is 3. The van der Waals surface area contributed by atoms with Crippen molar-refractivity contribution in [2.24, 2.45) is 17.8 Å². The van der Waals surface area contributed by atoms with E-state index < -0.39 is 0 Å². The highest BCUT2D eigenvalue weighted by atomic mass is 15.0. The van der Waals surface area contributed by atoms with Gasteiger partial charge in [0.15, 0.2) is 0 Å². The van der Waals surface area contributed by atoms with Gasteiger partial charge in [-0.15, -0.1) is 0 Å². The summed E-state index contributed by atoms with van der Waals surface area (Å²) in [6.45, 7) is 2.37. The van der Waals surface area contributed by atoms with Crippen LogP contribution in [0.2, 0.25) is 0 Å². The third-order valence-corrected chi connectivity index (χ3v) is 4.62. The van der Waals surface area contributed by atoms with Crippen LogP contribution < -0.4 is 5.32 Å². The van der Waals surface area contributed by atoms with E-state index in [1.165, 1.54) is 38.5 Å². The van der Waals surface area contributed by atoms with Gasteiger partial charge in [-0.2, -0.15) is 0 Å². The highest BCUT2D eigenvalue weighted by Gasteiger charge is 2.43. The van der Waals surface area contributed by atoms with E-state index in [0.717, 1.165) is 29.8 Å². The van der Waals surface area contributed by atoms with Crippen LogP contribution in [0.5, 0.6) is 0 Å². The van der Waals surface area contributed by atoms with Gasteiger partial charge in [-0.25, -0.2) is 0 Å². The van der Waals surface area contributed by atoms with Gasteiger partial charge < -0.3 is 5.32 Å². The topological polar surface area (TPSA) is 12.0 Å². The molecule has 0 aromatic carbocycles. The Morgan fingerprint density at radius 2 is 1.77 bits per heavy atom. The fraction of sp³-hybridized carbons (Fsp3) is 1.00. The average molecular weight is 179 g/mol. The first-order valence-corrected chi connectivity index (χ1v) is 6.10. The summed E-state index contributed by atoms with van der Waals surface area (Å²) in [6.07, 6.45) is 8.99. The standard InChI is InChI=1S/C12H21N/c1-8-7-12(8)13-11-6-5-10(11)9-3-2-4-9/h8-13H,2-7H2,1H3/t8-,10?,11?,12-/m1/s1. The van der Waals surface area contributed by atoms with Gasteiger partial charge in [0.25, 0.3) is 0 Å². The van der Waals surface area contributed by atoms with Crippen molar-refractivity contribution >= 4 is 0 Å². The van der Waals surface area contributed by atoms with Crippen molar-refractivity contribution in [1.29, 1.82) is 0 Å². The number of hydrogen-bond acceptors (Lipinski definition) is 1. The Balaban J connectivity index is 1.48. The van der Waals surface area contributed by atoms with E-state index in [0.29, 0.717) is 0 Å². The Labute approximate surface area is 81.3 Å². The molecule has 3 aliphatic carbocycles. The predicted molar refractivity (Wildman–Crippen MR) is 54.6 cm³/mol. The van der Waals surface area contributed by atoms with Crippen LogP contribution in [0.3, 0.4) is 0 Å². The minimum atomic E-state index is 0.896. The number of nitrogens with one attached hydrogen (secondary N) is 1. The summed E-state index contributed by atoms with van der Waals surface area (Å²) in [6, 6.07) is 1.81. The Morgan fingerprint density at radius 3 is 2.15 bits per heavy atom. The molecule has 0 amide bonds. The van der Waals surface area contributed by atoms with Crippen molar-refractivity contribution in [2.75, 3.05) is 0 Å². The zero-order chi connectivity index (χ0) is 8.84. The zero-order valence-corrected chi connectivity index (χ0v) is 8.63. The molecule has 0 bridgehead atoms. The minimum absolute atomic E-state index is 0.896. The molecule has 3 saturated carbocycles. The third kappa shape index (κ3) is 1.41. The molecule has 0 heterocycles. The maximum Gasteiger partial charge on any atom is 0.0101 e. The van der Waals surface area contributed by atoms with E-state index in [2.05, 4.69) is 12.2 Å². The fourth-order valence-corrected chi connectivity index (χ4v) is 2.99. The molecule has 1 N–H and O–H groups in total. The molecule has 4 atom stereocenters. The van der Waals surface area contributed by atoms with Gasteiger partial charge in [0.1, 0.15) is 0 Å². The molecule has 0 radical (unpaired) electrons. The monoisotopic (exact) mass is 179 g/mol. The molecule has 0 aromatic heterocycles. The Bertz CT molecular complexity index is 197. The number of hydrogen-bond donors (Lipinski definition) is 1. The predicted octanol–water partition coefficient (Wildman–Crippen LogP) is 2.56. The van der Waals surface area contributed by atoms with Gasteiger partial charge in [0.2, 0.25) is 0 Å². The highest BCUT2D eigenvalue weighted by molar-refractivity contribution is 4.99. The van der Waals surface area contributed by atoms with E-state index >= 15 is 0 Å². The Morgan fingerprint density at radius 1 is 1.00 bits per heavy atom. The Kier molecular flexibility index (Phi) is 1.90. The summed E-state index contributed by atoms with van der Waals surface area (Å²) in [7, 11) is 0. The van der Waals surface area contributed by atoms with Crippen LogP contribution in [0.25, 0.3) is 0 Å². The van der Waals surface area contributed by atoms with Crippen LogP contribution >= 0.6 is 0 Å². The summed E-state index contributed by atoms with van der Waals surface area (Å²) in [5.41, 5.74) is 0. The lowest BCUT2D eigenvalue weighted by Gasteiger charge is -2.46. The van der Waals surface area contributed by atoms with Gasteiger partial charge in [0, 0.05) is 12.1 Å². The summed E-state index contributed by atoms with van der Waals surface area (Å²) < 4.78 is 0. The summed E-state index contributed by atoms with van der Waals surface area (Å²) >= 11 is 0. The van der Waals surface area contributed by atoms with E-state index in [4.69, 9.17) is 0 Å². The molecular weight excluding hydrogens is 158 g/mol. The van der Waals surface area contributed by atoms with Crippen molar-refractivity contribution in [2.45, 2.75) is 57.5 Å². The molecule has 0 aliphatic heterocycles. The van der Waals surface area contributed by atoms with Crippen molar-refractivity contribution in [3.05, 3.63) is 0 Å². The second kappa shape index (κ2) is 2.98. The molecule has 0 saturated heterocycles. The lowest BCUT2D eigenvalue weighted by molar-refractivity contribution is 0.0805. The molecule has 2 unspecified atom stereocenters. The first-order chi connectivity index (χ1) is 6.34. The van der Waals surface area contributed by atoms with E-state index in [1.54, 1.807) is 0 Å². The van der Waals surface area contributed by atoms with E-state index in [1.807, 2.05) is 0 Å². The normalized spacial score (nSPS) is 49.6. The van der Waals surface area contributed by atoms with Crippen LogP contribution in [0.15, 0.2) is 0 Å². The average Bonchev–Trinajstić information content (AvgIpc) is 2.67. The van der Waals surface area contributed by atoms with Gasteiger partial charge in [-0.3, -0.25) is 0 Å². The molecule has 3 aliphatic rings. The zero-order valence-electron chi connectivity index (χ0n) is 8.63. The summed E-state index contributed by atoms with van der Waals surface area (Å²) in [5.74, 6) is 3.16. The molecule has 0 aromatic rings. The molecule has 3 rings (SSSR count). The largest absolute Gasteiger partial charge is 0.311 e. The lowest BCUT2D eigenvalue weighted by Crippen LogP contribution is -2.49. The SMILES string of the molecule is C[C@@H]1C[C@H]1NC1CCC1C1CCC1. The molecule has 3 fully saturated rings. The minimum Gasteiger partial charge on any atom is -0.311 e. The van der Waals surface area contributed by atoms with Gasteiger partial charge in [-0.1, -0.05) is 26.2 Å². The van der Waals surface area contributed by atoms with Gasteiger partial charge in [-0.05, 0) is 37.0 Å². The maximum absolute atomic E-state index is 3.84. The van der Waals surface area contributed by atoms with Crippen LogP contribution in [-0.4, -0.2) is 12.1 Å². The van der Waals surface area contributed by atoms with Crippen molar-refractivity contribution < 1.29 is 0 Å². The Hall–Kier alpha value is -0.0400. The quantitative estimate of drug-likeness (QED) is 0.702. The summed E-state index contributed by atoms with van der Waals surface area (Å²) in [4.78, 5) is 0. The van der Waals surface area contributed by atoms with E-state index in [9.17, 15) is 0 Å². The first-order valence-electron chi connectivity index (χ1n) is 6.10. The fourth-order valence-electron chi connectivity index (χ4n) is 2.99. The van der Waals surface area contributed by atoms with Crippen molar-refractivity contribution in [3.63, 3.8) is 0 Å². The van der Waals surface area contributed by atoms with Crippen LogP contribution in [-0.2, 0) is 0 Å². The summed E-state index contributed by atoms with van der Waals surface area (Å²) in [5, 5.41) is 3.84. The van der Waals surface area contributed by atoms with E-state index in [-0.39, 0.29) is 0 Å². The first kappa shape index (κ1) is 8.28. The molecule has 0 spiro atoms. The highest BCUT2D eigenvalue weighted by Crippen LogP contribution is 2.45. The third-order valence-electron chi connectivity index (χ3n) is 4.62. The van der Waals surface area contributed by atoms with Crippen LogP contribution in [0.4, 0.5) is 0 Å².